The van der Waals surface area contributed by atoms with E-state index in [2.05, 4.69) is 5.32 Å². The summed E-state index contributed by atoms with van der Waals surface area (Å²) in [7, 11) is 0. The topological polar surface area (TPSA) is 52.7 Å². The SMILES string of the molecule is Cc1ccsc1C(=O)N1CCCC(N2CCNCC2=O)C1.Cl. The Morgan fingerprint density at radius 2 is 2.23 bits per heavy atom. The number of hydrogen-bond donors (Lipinski definition) is 1. The molecule has 0 saturated carbocycles. The fourth-order valence-corrected chi connectivity index (χ4v) is 4.03. The monoisotopic (exact) mass is 343 g/mol. The number of amides is 2. The van der Waals surface area contributed by atoms with Crippen LogP contribution >= 0.6 is 23.7 Å². The van der Waals surface area contributed by atoms with Gasteiger partial charge in [-0.2, -0.15) is 0 Å². The van der Waals surface area contributed by atoms with E-state index in [-0.39, 0.29) is 30.3 Å². The van der Waals surface area contributed by atoms with Crippen LogP contribution in [0.25, 0.3) is 0 Å². The van der Waals surface area contributed by atoms with Gasteiger partial charge in [0, 0.05) is 32.2 Å². The minimum atomic E-state index is 0. The van der Waals surface area contributed by atoms with Crippen LogP contribution in [0.5, 0.6) is 0 Å². The van der Waals surface area contributed by atoms with Crippen molar-refractivity contribution in [2.45, 2.75) is 25.8 Å². The predicted octanol–water partition coefficient (Wildman–Crippen LogP) is 1.51. The lowest BCUT2D eigenvalue weighted by molar-refractivity contribution is -0.135. The molecule has 122 valence electrons. The number of rotatable bonds is 2. The van der Waals surface area contributed by atoms with Gasteiger partial charge in [-0.15, -0.1) is 23.7 Å². The molecule has 3 heterocycles. The summed E-state index contributed by atoms with van der Waals surface area (Å²) in [6.45, 7) is 5.47. The number of halogens is 1. The lowest BCUT2D eigenvalue weighted by Crippen LogP contribution is -2.57. The van der Waals surface area contributed by atoms with Crippen LogP contribution in [0.3, 0.4) is 0 Å². The summed E-state index contributed by atoms with van der Waals surface area (Å²) in [6.07, 6.45) is 1.97. The van der Waals surface area contributed by atoms with E-state index in [0.29, 0.717) is 13.1 Å². The average Bonchev–Trinajstić information content (AvgIpc) is 2.93. The van der Waals surface area contributed by atoms with Gasteiger partial charge >= 0.3 is 0 Å². The first-order chi connectivity index (χ1) is 10.2. The van der Waals surface area contributed by atoms with Crippen molar-refractivity contribution in [1.82, 2.24) is 15.1 Å². The minimum absolute atomic E-state index is 0. The second-order valence-corrected chi connectivity index (χ2v) is 6.66. The molecule has 0 aliphatic carbocycles. The van der Waals surface area contributed by atoms with Crippen molar-refractivity contribution in [2.75, 3.05) is 32.7 Å². The first-order valence-electron chi connectivity index (χ1n) is 7.50. The van der Waals surface area contributed by atoms with Gasteiger partial charge in [-0.25, -0.2) is 0 Å². The van der Waals surface area contributed by atoms with Crippen molar-refractivity contribution in [1.29, 1.82) is 0 Å². The smallest absolute Gasteiger partial charge is 0.264 e. The number of piperidine rings is 1. The van der Waals surface area contributed by atoms with Crippen LogP contribution in [-0.2, 0) is 4.79 Å². The Labute approximate surface area is 141 Å². The quantitative estimate of drug-likeness (QED) is 0.885. The lowest BCUT2D eigenvalue weighted by Gasteiger charge is -2.41. The van der Waals surface area contributed by atoms with Crippen LogP contribution in [-0.4, -0.2) is 60.4 Å². The number of likely N-dealkylation sites (tertiary alicyclic amines) is 1. The van der Waals surface area contributed by atoms with Crippen molar-refractivity contribution in [3.8, 4) is 0 Å². The highest BCUT2D eigenvalue weighted by Gasteiger charge is 2.32. The summed E-state index contributed by atoms with van der Waals surface area (Å²) >= 11 is 1.51. The van der Waals surface area contributed by atoms with Gasteiger partial charge in [0.2, 0.25) is 5.91 Å². The first kappa shape index (κ1) is 17.2. The Kier molecular flexibility index (Phi) is 5.83. The Morgan fingerprint density at radius 3 is 2.91 bits per heavy atom. The Hall–Kier alpha value is -1.11. The molecule has 1 aromatic rings. The highest BCUT2D eigenvalue weighted by molar-refractivity contribution is 7.12. The van der Waals surface area contributed by atoms with Gasteiger partial charge in [-0.1, -0.05) is 0 Å². The fourth-order valence-electron chi connectivity index (χ4n) is 3.14. The molecule has 2 aliphatic heterocycles. The molecule has 5 nitrogen and oxygen atoms in total. The lowest BCUT2D eigenvalue weighted by atomic mass is 10.0. The third kappa shape index (κ3) is 3.45. The van der Waals surface area contributed by atoms with Gasteiger partial charge in [-0.05, 0) is 36.8 Å². The average molecular weight is 344 g/mol. The molecule has 2 aliphatic rings. The van der Waals surface area contributed by atoms with Crippen LogP contribution in [0.4, 0.5) is 0 Å². The van der Waals surface area contributed by atoms with Crippen molar-refractivity contribution < 1.29 is 9.59 Å². The van der Waals surface area contributed by atoms with E-state index in [4.69, 9.17) is 0 Å². The van der Waals surface area contributed by atoms with Gasteiger partial charge in [0.15, 0.2) is 0 Å². The summed E-state index contributed by atoms with van der Waals surface area (Å²) in [5.74, 6) is 0.280. The molecule has 3 rings (SSSR count). The molecule has 0 radical (unpaired) electrons. The van der Waals surface area contributed by atoms with Crippen molar-refractivity contribution >= 4 is 35.6 Å². The van der Waals surface area contributed by atoms with Crippen molar-refractivity contribution in [3.05, 3.63) is 21.9 Å². The van der Waals surface area contributed by atoms with E-state index in [0.717, 1.165) is 42.9 Å². The fraction of sp³-hybridized carbons (Fsp3) is 0.600. The summed E-state index contributed by atoms with van der Waals surface area (Å²) in [5, 5.41) is 5.06. The van der Waals surface area contributed by atoms with E-state index in [1.54, 1.807) is 0 Å². The third-order valence-corrected chi connectivity index (χ3v) is 5.31. The van der Waals surface area contributed by atoms with Crippen LogP contribution in [0, 0.1) is 6.92 Å². The second-order valence-electron chi connectivity index (χ2n) is 5.74. The molecule has 22 heavy (non-hydrogen) atoms. The van der Waals surface area contributed by atoms with Gasteiger partial charge in [0.05, 0.1) is 11.4 Å². The maximum atomic E-state index is 12.6. The summed E-state index contributed by atoms with van der Waals surface area (Å²) in [4.78, 5) is 29.3. The number of carbonyl (C=O) groups excluding carboxylic acids is 2. The molecule has 1 aromatic heterocycles. The maximum Gasteiger partial charge on any atom is 0.264 e. The first-order valence-corrected chi connectivity index (χ1v) is 8.38. The standard InChI is InChI=1S/C15H21N3O2S.ClH/c1-11-4-8-21-14(11)15(20)17-6-2-3-12(10-17)18-7-5-16-9-13(18)19;/h4,8,12,16H,2-3,5-7,9-10H2,1H3;1H. The molecular weight excluding hydrogens is 322 g/mol. The van der Waals surface area contributed by atoms with Gasteiger partial charge in [0.1, 0.15) is 0 Å². The molecule has 2 fully saturated rings. The Morgan fingerprint density at radius 1 is 1.41 bits per heavy atom. The zero-order chi connectivity index (χ0) is 14.8. The number of nitrogens with one attached hydrogen (secondary N) is 1. The summed E-state index contributed by atoms with van der Waals surface area (Å²) < 4.78 is 0. The summed E-state index contributed by atoms with van der Waals surface area (Å²) in [5.41, 5.74) is 1.05. The largest absolute Gasteiger partial charge is 0.336 e. The van der Waals surface area contributed by atoms with Gasteiger partial charge < -0.3 is 15.1 Å². The number of carbonyl (C=O) groups is 2. The number of hydrogen-bond acceptors (Lipinski definition) is 4. The number of nitrogens with zero attached hydrogens (tertiary/aromatic N) is 2. The van der Waals surface area contributed by atoms with E-state index in [1.165, 1.54) is 11.3 Å². The highest BCUT2D eigenvalue weighted by atomic mass is 35.5. The van der Waals surface area contributed by atoms with Crippen molar-refractivity contribution in [3.63, 3.8) is 0 Å². The molecule has 7 heteroatoms. The molecule has 2 amide bonds. The molecule has 0 bridgehead atoms. The van der Waals surface area contributed by atoms with E-state index in [9.17, 15) is 9.59 Å². The maximum absolute atomic E-state index is 12.6. The molecule has 1 unspecified atom stereocenters. The molecule has 1 N–H and O–H groups in total. The second kappa shape index (κ2) is 7.44. The third-order valence-electron chi connectivity index (χ3n) is 4.31. The van der Waals surface area contributed by atoms with Crippen LogP contribution < -0.4 is 5.32 Å². The van der Waals surface area contributed by atoms with E-state index < -0.39 is 0 Å². The van der Waals surface area contributed by atoms with Gasteiger partial charge in [-0.3, -0.25) is 9.59 Å². The van der Waals surface area contributed by atoms with E-state index in [1.807, 2.05) is 28.2 Å². The van der Waals surface area contributed by atoms with Crippen LogP contribution in [0.15, 0.2) is 11.4 Å². The normalized spacial score (nSPS) is 22.4. The molecular formula is C15H22ClN3O2S. The molecule has 0 aromatic carbocycles. The zero-order valence-corrected chi connectivity index (χ0v) is 14.3. The number of aryl methyl sites for hydroxylation is 1. The summed E-state index contributed by atoms with van der Waals surface area (Å²) in [6, 6.07) is 2.16. The zero-order valence-electron chi connectivity index (χ0n) is 12.7. The highest BCUT2D eigenvalue weighted by Crippen LogP contribution is 2.22. The minimum Gasteiger partial charge on any atom is -0.336 e. The van der Waals surface area contributed by atoms with Crippen LogP contribution in [0.1, 0.15) is 28.1 Å². The molecule has 1 atom stereocenters. The Bertz CT molecular complexity index is 549. The van der Waals surface area contributed by atoms with Crippen LogP contribution in [0.2, 0.25) is 0 Å². The molecule has 2 saturated heterocycles. The van der Waals surface area contributed by atoms with E-state index >= 15 is 0 Å². The predicted molar refractivity (Wildman–Crippen MR) is 89.8 cm³/mol. The molecule has 0 spiro atoms. The number of thiophene rings is 1. The Balaban J connectivity index is 0.00000176. The van der Waals surface area contributed by atoms with Crippen molar-refractivity contribution in [2.24, 2.45) is 0 Å². The number of piperazine rings is 1. The van der Waals surface area contributed by atoms with Gasteiger partial charge in [0.25, 0.3) is 5.91 Å².